The van der Waals surface area contributed by atoms with Gasteiger partial charge >= 0.3 is 0 Å². The van der Waals surface area contributed by atoms with Crippen LogP contribution < -0.4 is 4.74 Å². The molecule has 1 aromatic rings. The molecule has 0 amide bonds. The number of hydrogen-bond acceptors (Lipinski definition) is 2. The van der Waals surface area contributed by atoms with Crippen molar-refractivity contribution in [3.05, 3.63) is 29.3 Å². The van der Waals surface area contributed by atoms with E-state index < -0.39 is 6.10 Å². The molecule has 2 nitrogen and oxygen atoms in total. The molecule has 2 heteroatoms. The van der Waals surface area contributed by atoms with E-state index >= 15 is 0 Å². The van der Waals surface area contributed by atoms with Crippen molar-refractivity contribution in [2.45, 2.75) is 20.0 Å². The summed E-state index contributed by atoms with van der Waals surface area (Å²) in [4.78, 5) is 0. The molecule has 0 aromatic heterocycles. The van der Waals surface area contributed by atoms with Crippen molar-refractivity contribution in [2.24, 2.45) is 0 Å². The van der Waals surface area contributed by atoms with Crippen LogP contribution in [0.1, 0.15) is 24.2 Å². The lowest BCUT2D eigenvalue weighted by molar-refractivity contribution is 0.198. The Morgan fingerprint density at radius 1 is 1.42 bits per heavy atom. The first-order valence-corrected chi connectivity index (χ1v) is 3.97. The SMILES string of the molecule is COc1ccc([C@@H](C)O)c(C)c1. The second-order valence-electron chi connectivity index (χ2n) is 2.90. The van der Waals surface area contributed by atoms with Gasteiger partial charge in [-0.25, -0.2) is 0 Å². The molecule has 0 heterocycles. The lowest BCUT2D eigenvalue weighted by Gasteiger charge is -2.09. The highest BCUT2D eigenvalue weighted by atomic mass is 16.5. The molecule has 12 heavy (non-hydrogen) atoms. The molecule has 0 aliphatic rings. The maximum Gasteiger partial charge on any atom is 0.119 e. The van der Waals surface area contributed by atoms with E-state index in [2.05, 4.69) is 0 Å². The molecule has 1 rings (SSSR count). The quantitative estimate of drug-likeness (QED) is 0.728. The first-order chi connectivity index (χ1) is 5.65. The number of aliphatic hydroxyl groups is 1. The molecule has 0 radical (unpaired) electrons. The summed E-state index contributed by atoms with van der Waals surface area (Å²) in [6.07, 6.45) is -0.407. The molecule has 0 spiro atoms. The molecule has 1 atom stereocenters. The smallest absolute Gasteiger partial charge is 0.119 e. The van der Waals surface area contributed by atoms with Crippen LogP contribution in [-0.4, -0.2) is 12.2 Å². The number of aliphatic hydroxyl groups excluding tert-OH is 1. The molecule has 1 N–H and O–H groups in total. The third-order valence-electron chi connectivity index (χ3n) is 1.93. The summed E-state index contributed by atoms with van der Waals surface area (Å²) in [6, 6.07) is 5.66. The molecule has 0 unspecified atom stereocenters. The molecule has 0 saturated carbocycles. The average molecular weight is 166 g/mol. The zero-order valence-electron chi connectivity index (χ0n) is 7.66. The summed E-state index contributed by atoms with van der Waals surface area (Å²) in [6.45, 7) is 3.72. The Labute approximate surface area is 72.8 Å². The highest BCUT2D eigenvalue weighted by molar-refractivity contribution is 5.35. The van der Waals surface area contributed by atoms with Crippen LogP contribution in [0.3, 0.4) is 0 Å². The van der Waals surface area contributed by atoms with Crippen molar-refractivity contribution in [1.82, 2.24) is 0 Å². The minimum absolute atomic E-state index is 0.407. The van der Waals surface area contributed by atoms with Crippen molar-refractivity contribution in [3.63, 3.8) is 0 Å². The molecule has 0 aliphatic heterocycles. The van der Waals surface area contributed by atoms with E-state index in [1.165, 1.54) is 0 Å². The molecule has 1 aromatic carbocycles. The van der Waals surface area contributed by atoms with E-state index in [1.54, 1.807) is 14.0 Å². The van der Waals surface area contributed by atoms with Crippen molar-refractivity contribution >= 4 is 0 Å². The van der Waals surface area contributed by atoms with E-state index in [4.69, 9.17) is 4.74 Å². The van der Waals surface area contributed by atoms with Gasteiger partial charge in [0.2, 0.25) is 0 Å². The highest BCUT2D eigenvalue weighted by Crippen LogP contribution is 2.21. The van der Waals surface area contributed by atoms with Crippen LogP contribution in [-0.2, 0) is 0 Å². The van der Waals surface area contributed by atoms with Crippen molar-refractivity contribution in [1.29, 1.82) is 0 Å². The van der Waals surface area contributed by atoms with Gasteiger partial charge in [-0.2, -0.15) is 0 Å². The average Bonchev–Trinajstić information content (AvgIpc) is 2.03. The van der Waals surface area contributed by atoms with Gasteiger partial charge in [-0.1, -0.05) is 6.07 Å². The zero-order chi connectivity index (χ0) is 9.14. The summed E-state index contributed by atoms with van der Waals surface area (Å²) in [7, 11) is 1.64. The van der Waals surface area contributed by atoms with Gasteiger partial charge < -0.3 is 9.84 Å². The molecule has 66 valence electrons. The van der Waals surface area contributed by atoms with Crippen LogP contribution in [0.4, 0.5) is 0 Å². The van der Waals surface area contributed by atoms with Gasteiger partial charge in [0, 0.05) is 0 Å². The van der Waals surface area contributed by atoms with E-state index in [9.17, 15) is 5.11 Å². The van der Waals surface area contributed by atoms with Crippen molar-refractivity contribution in [2.75, 3.05) is 7.11 Å². The van der Waals surface area contributed by atoms with Gasteiger partial charge in [0.1, 0.15) is 5.75 Å². The fourth-order valence-corrected chi connectivity index (χ4v) is 1.24. The topological polar surface area (TPSA) is 29.5 Å². The predicted octanol–water partition coefficient (Wildman–Crippen LogP) is 2.06. The van der Waals surface area contributed by atoms with Gasteiger partial charge in [0.05, 0.1) is 13.2 Å². The van der Waals surface area contributed by atoms with Crippen LogP contribution in [0.5, 0.6) is 5.75 Å². The number of methoxy groups -OCH3 is 1. The maximum absolute atomic E-state index is 9.33. The second-order valence-corrected chi connectivity index (χ2v) is 2.90. The van der Waals surface area contributed by atoms with E-state index in [0.29, 0.717) is 0 Å². The first-order valence-electron chi connectivity index (χ1n) is 3.97. The van der Waals surface area contributed by atoms with Gasteiger partial charge in [0.25, 0.3) is 0 Å². The summed E-state index contributed by atoms with van der Waals surface area (Å²) in [5.41, 5.74) is 2.01. The van der Waals surface area contributed by atoms with Crippen LogP contribution in [0.2, 0.25) is 0 Å². The number of aryl methyl sites for hydroxylation is 1. The summed E-state index contributed by atoms with van der Waals surface area (Å²) in [5, 5.41) is 9.33. The van der Waals surface area contributed by atoms with Gasteiger partial charge in [-0.05, 0) is 37.1 Å². The lowest BCUT2D eigenvalue weighted by Crippen LogP contribution is -1.95. The third kappa shape index (κ3) is 1.77. The number of ether oxygens (including phenoxy) is 1. The fourth-order valence-electron chi connectivity index (χ4n) is 1.24. The summed E-state index contributed by atoms with van der Waals surface area (Å²) < 4.78 is 5.05. The van der Waals surface area contributed by atoms with Crippen LogP contribution in [0.25, 0.3) is 0 Å². The standard InChI is InChI=1S/C10H14O2/c1-7-6-9(12-3)4-5-10(7)8(2)11/h4-6,8,11H,1-3H3/t8-/m1/s1. The molecular formula is C10H14O2. The Morgan fingerprint density at radius 2 is 2.08 bits per heavy atom. The van der Waals surface area contributed by atoms with Crippen molar-refractivity contribution in [3.8, 4) is 5.75 Å². The molecule has 0 bridgehead atoms. The first kappa shape index (κ1) is 9.07. The van der Waals surface area contributed by atoms with E-state index in [0.717, 1.165) is 16.9 Å². The molecule has 0 fully saturated rings. The highest BCUT2D eigenvalue weighted by Gasteiger charge is 2.04. The maximum atomic E-state index is 9.33. The lowest BCUT2D eigenvalue weighted by atomic mass is 10.0. The summed E-state index contributed by atoms with van der Waals surface area (Å²) in [5.74, 6) is 0.830. The Balaban J connectivity index is 3.03. The molecule has 0 aliphatic carbocycles. The number of rotatable bonds is 2. The van der Waals surface area contributed by atoms with Crippen LogP contribution in [0.15, 0.2) is 18.2 Å². The Morgan fingerprint density at radius 3 is 2.50 bits per heavy atom. The van der Waals surface area contributed by atoms with Gasteiger partial charge in [-0.15, -0.1) is 0 Å². The Kier molecular flexibility index (Phi) is 2.71. The van der Waals surface area contributed by atoms with Gasteiger partial charge in [0.15, 0.2) is 0 Å². The van der Waals surface area contributed by atoms with E-state index in [1.807, 2.05) is 25.1 Å². The van der Waals surface area contributed by atoms with Crippen LogP contribution in [0, 0.1) is 6.92 Å². The number of benzene rings is 1. The third-order valence-corrected chi connectivity index (χ3v) is 1.93. The molecular weight excluding hydrogens is 152 g/mol. The van der Waals surface area contributed by atoms with Gasteiger partial charge in [-0.3, -0.25) is 0 Å². The Hall–Kier alpha value is -1.02. The normalized spacial score (nSPS) is 12.7. The van der Waals surface area contributed by atoms with Crippen molar-refractivity contribution < 1.29 is 9.84 Å². The predicted molar refractivity (Wildman–Crippen MR) is 48.4 cm³/mol. The second kappa shape index (κ2) is 3.59. The van der Waals surface area contributed by atoms with Crippen LogP contribution >= 0.6 is 0 Å². The largest absolute Gasteiger partial charge is 0.497 e. The summed E-state index contributed by atoms with van der Waals surface area (Å²) >= 11 is 0. The fraction of sp³-hybridized carbons (Fsp3) is 0.400. The zero-order valence-corrected chi connectivity index (χ0v) is 7.66. The number of hydrogen-bond donors (Lipinski definition) is 1. The minimum atomic E-state index is -0.407. The monoisotopic (exact) mass is 166 g/mol. The molecule has 0 saturated heterocycles. The Bertz CT molecular complexity index is 267. The van der Waals surface area contributed by atoms with E-state index in [-0.39, 0.29) is 0 Å². The minimum Gasteiger partial charge on any atom is -0.497 e.